The van der Waals surface area contributed by atoms with E-state index in [0.717, 1.165) is 28.1 Å². The Balaban J connectivity index is 2.00. The van der Waals surface area contributed by atoms with E-state index in [1.54, 1.807) is 0 Å². The van der Waals surface area contributed by atoms with E-state index >= 15 is 0 Å². The number of hydrogen-bond acceptors (Lipinski definition) is 2. The average Bonchev–Trinajstić information content (AvgIpc) is 2.52. The smallest absolute Gasteiger partial charge is 0.233 e. The Bertz CT molecular complexity index is 751. The van der Waals surface area contributed by atoms with Crippen molar-refractivity contribution in [3.63, 3.8) is 0 Å². The van der Waals surface area contributed by atoms with Gasteiger partial charge in [0.15, 0.2) is 0 Å². The highest BCUT2D eigenvalue weighted by molar-refractivity contribution is 6.08. The first-order valence-corrected chi connectivity index (χ1v) is 8.13. The zero-order valence-corrected chi connectivity index (χ0v) is 14.6. The molecule has 24 heavy (non-hydrogen) atoms. The number of benzene rings is 2. The predicted molar refractivity (Wildman–Crippen MR) is 98.3 cm³/mol. The molecule has 0 heterocycles. The molecule has 2 amide bonds. The normalized spacial score (nSPS) is 10.5. The van der Waals surface area contributed by atoms with Crippen molar-refractivity contribution in [1.82, 2.24) is 0 Å². The maximum Gasteiger partial charge on any atom is 0.233 e. The van der Waals surface area contributed by atoms with Crippen LogP contribution in [-0.2, 0) is 9.59 Å². The minimum absolute atomic E-state index is 0.209. The van der Waals surface area contributed by atoms with Crippen LogP contribution in [0.25, 0.3) is 0 Å². The number of amides is 2. The van der Waals surface area contributed by atoms with E-state index in [1.807, 2.05) is 56.3 Å². The lowest BCUT2D eigenvalue weighted by Crippen LogP contribution is -2.22. The number of carbonyl (C=O) groups excluding carboxylic acids is 2. The molecule has 0 unspecified atom stereocenters. The van der Waals surface area contributed by atoms with Crippen molar-refractivity contribution in [1.29, 1.82) is 0 Å². The van der Waals surface area contributed by atoms with E-state index in [9.17, 15) is 9.59 Å². The lowest BCUT2D eigenvalue weighted by atomic mass is 10.0. The van der Waals surface area contributed by atoms with Crippen molar-refractivity contribution >= 4 is 23.2 Å². The standard InChI is InChI=1S/C20H24N2O2/c1-13(2)16-9-5-6-10-18(16)22-20(24)12-19(23)21-17-11-7-8-14(3)15(17)4/h5-11,13H,12H2,1-4H3,(H,21,23)(H,22,24). The molecule has 4 nitrogen and oxygen atoms in total. The zero-order chi connectivity index (χ0) is 17.7. The topological polar surface area (TPSA) is 58.2 Å². The van der Waals surface area contributed by atoms with E-state index in [1.165, 1.54) is 0 Å². The van der Waals surface area contributed by atoms with Gasteiger partial charge < -0.3 is 10.6 Å². The van der Waals surface area contributed by atoms with Crippen LogP contribution < -0.4 is 10.6 Å². The number of hydrogen-bond donors (Lipinski definition) is 2. The fraction of sp³-hybridized carbons (Fsp3) is 0.300. The molecule has 2 aromatic rings. The van der Waals surface area contributed by atoms with Crippen molar-refractivity contribution in [3.05, 3.63) is 59.2 Å². The molecule has 0 atom stereocenters. The van der Waals surface area contributed by atoms with Crippen molar-refractivity contribution < 1.29 is 9.59 Å². The van der Waals surface area contributed by atoms with Gasteiger partial charge in [0.25, 0.3) is 0 Å². The Morgan fingerprint density at radius 3 is 2.12 bits per heavy atom. The van der Waals surface area contributed by atoms with Gasteiger partial charge in [0.1, 0.15) is 6.42 Å². The SMILES string of the molecule is Cc1cccc(NC(=O)CC(=O)Nc2ccccc2C(C)C)c1C. The van der Waals surface area contributed by atoms with Gasteiger partial charge >= 0.3 is 0 Å². The summed E-state index contributed by atoms with van der Waals surface area (Å²) in [5.74, 6) is -0.334. The second-order valence-electron chi connectivity index (χ2n) is 6.26. The van der Waals surface area contributed by atoms with E-state index in [0.29, 0.717) is 5.92 Å². The molecule has 2 N–H and O–H groups in total. The summed E-state index contributed by atoms with van der Waals surface area (Å²) in [7, 11) is 0. The third-order valence-corrected chi connectivity index (χ3v) is 4.06. The quantitative estimate of drug-likeness (QED) is 0.801. The van der Waals surface area contributed by atoms with Gasteiger partial charge in [-0.2, -0.15) is 0 Å². The molecule has 0 aliphatic carbocycles. The molecule has 0 bridgehead atoms. The zero-order valence-electron chi connectivity index (χ0n) is 14.6. The number of carbonyl (C=O) groups is 2. The van der Waals surface area contributed by atoms with Crippen LogP contribution in [0.3, 0.4) is 0 Å². The number of nitrogens with one attached hydrogen (secondary N) is 2. The summed E-state index contributed by atoms with van der Waals surface area (Å²) < 4.78 is 0. The van der Waals surface area contributed by atoms with Crippen LogP contribution in [0.2, 0.25) is 0 Å². The summed E-state index contributed by atoms with van der Waals surface area (Å²) >= 11 is 0. The van der Waals surface area contributed by atoms with Crippen molar-refractivity contribution in [2.24, 2.45) is 0 Å². The maximum atomic E-state index is 12.2. The number of para-hydroxylation sites is 1. The molecule has 2 rings (SSSR count). The molecular weight excluding hydrogens is 300 g/mol. The van der Waals surface area contributed by atoms with Gasteiger partial charge in [-0.25, -0.2) is 0 Å². The summed E-state index contributed by atoms with van der Waals surface area (Å²) in [5, 5.41) is 5.64. The van der Waals surface area contributed by atoms with Gasteiger partial charge in [-0.1, -0.05) is 44.2 Å². The van der Waals surface area contributed by atoms with Gasteiger partial charge in [0.2, 0.25) is 11.8 Å². The molecule has 126 valence electrons. The molecule has 4 heteroatoms. The Morgan fingerprint density at radius 2 is 1.46 bits per heavy atom. The van der Waals surface area contributed by atoms with Crippen LogP contribution in [-0.4, -0.2) is 11.8 Å². The number of aryl methyl sites for hydroxylation is 1. The van der Waals surface area contributed by atoms with Gasteiger partial charge in [-0.05, 0) is 48.6 Å². The predicted octanol–water partition coefficient (Wildman–Crippen LogP) is 4.39. The fourth-order valence-corrected chi connectivity index (χ4v) is 2.54. The summed E-state index contributed by atoms with van der Waals surface area (Å²) in [6.45, 7) is 8.07. The molecule has 0 fully saturated rings. The summed E-state index contributed by atoms with van der Waals surface area (Å²) in [6.07, 6.45) is -0.209. The van der Waals surface area contributed by atoms with Gasteiger partial charge in [0.05, 0.1) is 0 Å². The van der Waals surface area contributed by atoms with Gasteiger partial charge in [-0.3, -0.25) is 9.59 Å². The third-order valence-electron chi connectivity index (χ3n) is 4.06. The molecule has 0 radical (unpaired) electrons. The van der Waals surface area contributed by atoms with Crippen molar-refractivity contribution in [2.45, 2.75) is 40.0 Å². The van der Waals surface area contributed by atoms with Crippen LogP contribution in [0.1, 0.15) is 42.9 Å². The van der Waals surface area contributed by atoms with E-state index < -0.39 is 0 Å². The largest absolute Gasteiger partial charge is 0.325 e. The van der Waals surface area contributed by atoms with E-state index in [2.05, 4.69) is 24.5 Å². The van der Waals surface area contributed by atoms with Crippen molar-refractivity contribution in [3.8, 4) is 0 Å². The first-order chi connectivity index (χ1) is 11.4. The van der Waals surface area contributed by atoms with Crippen LogP contribution in [0.4, 0.5) is 11.4 Å². The Labute approximate surface area is 143 Å². The number of anilines is 2. The molecule has 2 aromatic carbocycles. The van der Waals surface area contributed by atoms with Crippen LogP contribution >= 0.6 is 0 Å². The molecule has 0 aliphatic rings. The molecular formula is C20H24N2O2. The maximum absolute atomic E-state index is 12.2. The highest BCUT2D eigenvalue weighted by Gasteiger charge is 2.13. The minimum atomic E-state index is -0.316. The Hall–Kier alpha value is -2.62. The third kappa shape index (κ3) is 4.44. The van der Waals surface area contributed by atoms with Gasteiger partial charge in [0, 0.05) is 11.4 Å². The lowest BCUT2D eigenvalue weighted by Gasteiger charge is -2.14. The second kappa shape index (κ2) is 7.77. The fourth-order valence-electron chi connectivity index (χ4n) is 2.54. The molecule has 0 saturated carbocycles. The first kappa shape index (κ1) is 17.7. The lowest BCUT2D eigenvalue weighted by molar-refractivity contribution is -0.123. The highest BCUT2D eigenvalue weighted by atomic mass is 16.2. The second-order valence-corrected chi connectivity index (χ2v) is 6.26. The summed E-state index contributed by atoms with van der Waals surface area (Å²) in [4.78, 5) is 24.3. The van der Waals surface area contributed by atoms with E-state index in [4.69, 9.17) is 0 Å². The van der Waals surface area contributed by atoms with Crippen LogP contribution in [0.15, 0.2) is 42.5 Å². The molecule has 0 saturated heterocycles. The van der Waals surface area contributed by atoms with Gasteiger partial charge in [-0.15, -0.1) is 0 Å². The summed E-state index contributed by atoms with van der Waals surface area (Å²) in [6, 6.07) is 13.4. The number of rotatable bonds is 5. The van der Waals surface area contributed by atoms with Crippen molar-refractivity contribution in [2.75, 3.05) is 10.6 Å². The highest BCUT2D eigenvalue weighted by Crippen LogP contribution is 2.24. The monoisotopic (exact) mass is 324 g/mol. The average molecular weight is 324 g/mol. The van der Waals surface area contributed by atoms with Crippen LogP contribution in [0.5, 0.6) is 0 Å². The van der Waals surface area contributed by atoms with Crippen LogP contribution in [0, 0.1) is 13.8 Å². The minimum Gasteiger partial charge on any atom is -0.325 e. The molecule has 0 aromatic heterocycles. The first-order valence-electron chi connectivity index (χ1n) is 8.13. The van der Waals surface area contributed by atoms with E-state index in [-0.39, 0.29) is 18.2 Å². The molecule has 0 spiro atoms. The molecule has 0 aliphatic heterocycles. The Kier molecular flexibility index (Phi) is 5.74. The Morgan fingerprint density at radius 1 is 0.875 bits per heavy atom. The summed E-state index contributed by atoms with van der Waals surface area (Å²) in [5.41, 5.74) is 4.67.